The lowest BCUT2D eigenvalue weighted by atomic mass is 10.3. The molecule has 8 heteroatoms. The van der Waals surface area contributed by atoms with Crippen molar-refractivity contribution in [3.63, 3.8) is 0 Å². The van der Waals surface area contributed by atoms with E-state index in [1.54, 1.807) is 6.07 Å². The van der Waals surface area contributed by atoms with Gasteiger partial charge in [-0.3, -0.25) is 4.79 Å². The maximum Gasteiger partial charge on any atom is 0.252 e. The van der Waals surface area contributed by atoms with Gasteiger partial charge in [-0.25, -0.2) is 8.42 Å². The van der Waals surface area contributed by atoms with Crippen LogP contribution in [0.5, 0.6) is 0 Å². The molecular weight excluding hydrogens is 334 g/mol. The van der Waals surface area contributed by atoms with Gasteiger partial charge in [0.05, 0.1) is 0 Å². The highest BCUT2D eigenvalue weighted by molar-refractivity contribution is 7.91. The van der Waals surface area contributed by atoms with E-state index in [9.17, 15) is 13.2 Å². The third-order valence-corrected chi connectivity index (χ3v) is 7.12. The highest BCUT2D eigenvalue weighted by atomic mass is 32.2. The molecule has 0 aromatic carbocycles. The van der Waals surface area contributed by atoms with Crippen LogP contribution in [0, 0.1) is 0 Å². The first kappa shape index (κ1) is 20.1. The summed E-state index contributed by atoms with van der Waals surface area (Å²) >= 11 is 1.28. The predicted molar refractivity (Wildman–Crippen MR) is 94.3 cm³/mol. The number of rotatable bonds is 11. The number of amides is 1. The predicted octanol–water partition coefficient (Wildman–Crippen LogP) is 1.44. The Morgan fingerprint density at radius 1 is 1.22 bits per heavy atom. The first-order valence-corrected chi connectivity index (χ1v) is 10.2. The van der Waals surface area contributed by atoms with Gasteiger partial charge in [0.25, 0.3) is 10.0 Å². The summed E-state index contributed by atoms with van der Waals surface area (Å²) in [4.78, 5) is 12.6. The molecule has 1 aromatic heterocycles. The molecule has 0 atom stereocenters. The minimum atomic E-state index is -3.38. The molecule has 0 aliphatic heterocycles. The van der Waals surface area contributed by atoms with Crippen LogP contribution >= 0.6 is 11.3 Å². The van der Waals surface area contributed by atoms with Gasteiger partial charge < -0.3 is 10.6 Å². The van der Waals surface area contributed by atoms with Crippen LogP contribution in [-0.2, 0) is 21.2 Å². The molecule has 0 saturated heterocycles. The van der Waals surface area contributed by atoms with Crippen molar-refractivity contribution in [3.8, 4) is 0 Å². The summed E-state index contributed by atoms with van der Waals surface area (Å²) in [5.41, 5.74) is 0. The monoisotopic (exact) mass is 361 g/mol. The van der Waals surface area contributed by atoms with Gasteiger partial charge in [-0.05, 0) is 38.6 Å². The van der Waals surface area contributed by atoms with E-state index >= 15 is 0 Å². The number of thiophene rings is 1. The molecule has 0 radical (unpaired) electrons. The van der Waals surface area contributed by atoms with E-state index in [4.69, 9.17) is 0 Å². The first-order chi connectivity index (χ1) is 11.0. The Bertz CT molecular complexity index is 581. The fourth-order valence-electron chi connectivity index (χ4n) is 2.16. The molecule has 0 unspecified atom stereocenters. The summed E-state index contributed by atoms with van der Waals surface area (Å²) < 4.78 is 26.6. The Labute approximate surface area is 143 Å². The summed E-state index contributed by atoms with van der Waals surface area (Å²) in [5.74, 6) is 0.0350. The van der Waals surface area contributed by atoms with Crippen molar-refractivity contribution in [2.45, 2.75) is 37.3 Å². The zero-order chi connectivity index (χ0) is 17.3. The summed E-state index contributed by atoms with van der Waals surface area (Å²) in [6.07, 6.45) is 1.97. The summed E-state index contributed by atoms with van der Waals surface area (Å²) in [6, 6.07) is 3.48. The highest BCUT2D eigenvalue weighted by Crippen LogP contribution is 2.25. The van der Waals surface area contributed by atoms with Crippen LogP contribution in [0.2, 0.25) is 0 Å². The van der Waals surface area contributed by atoms with Crippen LogP contribution in [0.3, 0.4) is 0 Å². The maximum absolute atomic E-state index is 12.4. The molecule has 1 amide bonds. The Balaban J connectivity index is 2.50. The highest BCUT2D eigenvalue weighted by Gasteiger charge is 2.23. The molecule has 0 aliphatic rings. The molecule has 0 saturated carbocycles. The van der Waals surface area contributed by atoms with Gasteiger partial charge in [-0.2, -0.15) is 4.31 Å². The molecule has 1 rings (SSSR count). The normalized spacial score (nSPS) is 11.8. The Morgan fingerprint density at radius 3 is 2.52 bits per heavy atom. The van der Waals surface area contributed by atoms with E-state index in [0.29, 0.717) is 36.7 Å². The van der Waals surface area contributed by atoms with Crippen molar-refractivity contribution in [1.82, 2.24) is 14.9 Å². The van der Waals surface area contributed by atoms with E-state index in [-0.39, 0.29) is 5.91 Å². The molecular formula is C15H27N3O3S2. The average Bonchev–Trinajstić information content (AvgIpc) is 2.98. The van der Waals surface area contributed by atoms with E-state index in [1.165, 1.54) is 15.6 Å². The maximum atomic E-state index is 12.4. The molecule has 0 bridgehead atoms. The smallest absolute Gasteiger partial charge is 0.252 e. The fraction of sp³-hybridized carbons (Fsp3) is 0.667. The summed E-state index contributed by atoms with van der Waals surface area (Å²) in [7, 11) is -1.52. The van der Waals surface area contributed by atoms with Crippen LogP contribution < -0.4 is 10.6 Å². The lowest BCUT2D eigenvalue weighted by molar-refractivity contribution is -0.121. The average molecular weight is 362 g/mol. The van der Waals surface area contributed by atoms with E-state index in [2.05, 4.69) is 10.6 Å². The third kappa shape index (κ3) is 6.21. The minimum absolute atomic E-state index is 0.0350. The lowest BCUT2D eigenvalue weighted by Crippen LogP contribution is -2.29. The van der Waals surface area contributed by atoms with Crippen LogP contribution in [-0.4, -0.2) is 51.9 Å². The standard InChI is InChI=1S/C15H27N3O3S2/c1-4-18(5-2)23(20,21)15-9-8-13(22-15)10-12-17-14(19)7-6-11-16-3/h8-9,16H,4-7,10-12H2,1-3H3,(H,17,19). The Morgan fingerprint density at radius 2 is 1.91 bits per heavy atom. The number of carbonyl (C=O) groups excluding carboxylic acids is 1. The van der Waals surface area contributed by atoms with Crippen LogP contribution in [0.15, 0.2) is 16.3 Å². The number of nitrogens with zero attached hydrogens (tertiary/aromatic N) is 1. The van der Waals surface area contributed by atoms with E-state index in [1.807, 2.05) is 27.0 Å². The van der Waals surface area contributed by atoms with Gasteiger partial charge in [0.2, 0.25) is 5.91 Å². The Kier molecular flexibility index (Phi) is 8.75. The van der Waals surface area contributed by atoms with Gasteiger partial charge in [0.1, 0.15) is 4.21 Å². The SMILES string of the molecule is CCN(CC)S(=O)(=O)c1ccc(CCNC(=O)CCCNC)s1. The van der Waals surface area contributed by atoms with Gasteiger partial charge >= 0.3 is 0 Å². The van der Waals surface area contributed by atoms with Crippen molar-refractivity contribution in [3.05, 3.63) is 17.0 Å². The quantitative estimate of drug-likeness (QED) is 0.585. The molecule has 0 spiro atoms. The zero-order valence-corrected chi connectivity index (χ0v) is 15.7. The lowest BCUT2D eigenvalue weighted by Gasteiger charge is -2.16. The number of hydrogen-bond donors (Lipinski definition) is 2. The number of carbonyl (C=O) groups is 1. The largest absolute Gasteiger partial charge is 0.356 e. The van der Waals surface area contributed by atoms with Gasteiger partial charge in [-0.1, -0.05) is 13.8 Å². The molecule has 6 nitrogen and oxygen atoms in total. The van der Waals surface area contributed by atoms with Crippen molar-refractivity contribution in [2.75, 3.05) is 33.2 Å². The molecule has 132 valence electrons. The number of nitrogens with one attached hydrogen (secondary N) is 2. The molecule has 1 aromatic rings. The topological polar surface area (TPSA) is 78.5 Å². The molecule has 23 heavy (non-hydrogen) atoms. The van der Waals surface area contributed by atoms with Crippen molar-refractivity contribution in [1.29, 1.82) is 0 Å². The number of sulfonamides is 1. The molecule has 2 N–H and O–H groups in total. The van der Waals surface area contributed by atoms with Crippen LogP contribution in [0.1, 0.15) is 31.6 Å². The van der Waals surface area contributed by atoms with Crippen molar-refractivity contribution < 1.29 is 13.2 Å². The molecule has 0 aliphatic carbocycles. The van der Waals surface area contributed by atoms with Gasteiger partial charge in [0, 0.05) is 30.9 Å². The second-order valence-electron chi connectivity index (χ2n) is 5.12. The Hall–Kier alpha value is -0.960. The zero-order valence-electron chi connectivity index (χ0n) is 14.1. The summed E-state index contributed by atoms with van der Waals surface area (Å²) in [5, 5.41) is 5.86. The fourth-order valence-corrected chi connectivity index (χ4v) is 5.13. The van der Waals surface area contributed by atoms with E-state index in [0.717, 1.165) is 17.8 Å². The van der Waals surface area contributed by atoms with Crippen molar-refractivity contribution >= 4 is 27.3 Å². The summed E-state index contributed by atoms with van der Waals surface area (Å²) in [6.45, 7) is 5.95. The number of hydrogen-bond acceptors (Lipinski definition) is 5. The molecule has 0 fully saturated rings. The van der Waals surface area contributed by atoms with Gasteiger partial charge in [-0.15, -0.1) is 11.3 Å². The minimum Gasteiger partial charge on any atom is -0.356 e. The second-order valence-corrected chi connectivity index (χ2v) is 8.45. The van der Waals surface area contributed by atoms with E-state index < -0.39 is 10.0 Å². The molecule has 1 heterocycles. The van der Waals surface area contributed by atoms with Crippen LogP contribution in [0.25, 0.3) is 0 Å². The first-order valence-electron chi connectivity index (χ1n) is 7.95. The second kappa shape index (κ2) is 10.0. The van der Waals surface area contributed by atoms with Crippen LogP contribution in [0.4, 0.5) is 0 Å². The van der Waals surface area contributed by atoms with Crippen molar-refractivity contribution in [2.24, 2.45) is 0 Å². The third-order valence-electron chi connectivity index (χ3n) is 3.46. The van der Waals surface area contributed by atoms with Gasteiger partial charge in [0.15, 0.2) is 0 Å².